The molecule has 1 amide bonds. The molecule has 0 saturated heterocycles. The van der Waals surface area contributed by atoms with E-state index in [-0.39, 0.29) is 11.7 Å². The number of carbonyl (C=O) groups is 2. The van der Waals surface area contributed by atoms with Crippen LogP contribution in [0, 0.1) is 11.8 Å². The van der Waals surface area contributed by atoms with E-state index < -0.39 is 17.8 Å². The number of aliphatic carboxylic acids is 1. The monoisotopic (exact) mass is 221 g/mol. The fourth-order valence-corrected chi connectivity index (χ4v) is 1.58. The predicted molar refractivity (Wildman–Crippen MR) is 56.0 cm³/mol. The van der Waals surface area contributed by atoms with E-state index in [9.17, 15) is 14.7 Å². The largest absolute Gasteiger partial charge is 0.508 e. The number of hydrogen-bond donors (Lipinski definition) is 3. The van der Waals surface area contributed by atoms with Gasteiger partial charge in [0.15, 0.2) is 0 Å². The summed E-state index contributed by atoms with van der Waals surface area (Å²) in [6.07, 6.45) is 0.389. The van der Waals surface area contributed by atoms with Gasteiger partial charge >= 0.3 is 5.97 Å². The van der Waals surface area contributed by atoms with Crippen molar-refractivity contribution >= 4 is 17.6 Å². The molecule has 2 unspecified atom stereocenters. The highest BCUT2D eigenvalue weighted by Gasteiger charge is 2.48. The molecule has 0 radical (unpaired) electrons. The molecule has 0 spiro atoms. The number of nitrogens with one attached hydrogen (secondary N) is 1. The number of amides is 1. The lowest BCUT2D eigenvalue weighted by atomic mass is 10.2. The van der Waals surface area contributed by atoms with Crippen LogP contribution in [0.3, 0.4) is 0 Å². The number of rotatable bonds is 3. The molecule has 1 aromatic carbocycles. The molecule has 1 aliphatic rings. The second kappa shape index (κ2) is 3.84. The Kier molecular flexibility index (Phi) is 2.52. The van der Waals surface area contributed by atoms with Crippen LogP contribution in [0.5, 0.6) is 5.75 Å². The second-order valence-electron chi connectivity index (χ2n) is 3.83. The quantitative estimate of drug-likeness (QED) is 0.712. The van der Waals surface area contributed by atoms with Gasteiger partial charge in [-0.1, -0.05) is 6.07 Å². The molecule has 2 rings (SSSR count). The summed E-state index contributed by atoms with van der Waals surface area (Å²) in [5, 5.41) is 20.4. The fraction of sp³-hybridized carbons (Fsp3) is 0.273. The van der Waals surface area contributed by atoms with Crippen LogP contribution >= 0.6 is 0 Å². The first-order chi connectivity index (χ1) is 7.58. The normalized spacial score (nSPS) is 22.5. The smallest absolute Gasteiger partial charge is 0.307 e. The number of aromatic hydroxyl groups is 1. The maximum atomic E-state index is 11.5. The Labute approximate surface area is 91.7 Å². The molecule has 84 valence electrons. The third-order valence-corrected chi connectivity index (χ3v) is 2.56. The van der Waals surface area contributed by atoms with Crippen molar-refractivity contribution in [2.45, 2.75) is 6.42 Å². The Morgan fingerprint density at radius 2 is 2.06 bits per heavy atom. The van der Waals surface area contributed by atoms with Crippen LogP contribution in [0.15, 0.2) is 24.3 Å². The molecule has 16 heavy (non-hydrogen) atoms. The van der Waals surface area contributed by atoms with Gasteiger partial charge in [0, 0.05) is 11.8 Å². The van der Waals surface area contributed by atoms with Crippen molar-refractivity contribution in [2.75, 3.05) is 5.32 Å². The summed E-state index contributed by atoms with van der Waals surface area (Å²) in [7, 11) is 0. The average Bonchev–Trinajstić information content (AvgIpc) is 2.96. The Morgan fingerprint density at radius 1 is 1.31 bits per heavy atom. The minimum Gasteiger partial charge on any atom is -0.508 e. The Balaban J connectivity index is 1.96. The van der Waals surface area contributed by atoms with Gasteiger partial charge in [-0.3, -0.25) is 9.59 Å². The van der Waals surface area contributed by atoms with Crippen molar-refractivity contribution in [1.82, 2.24) is 0 Å². The summed E-state index contributed by atoms with van der Waals surface area (Å²) in [6, 6.07) is 6.14. The zero-order chi connectivity index (χ0) is 11.7. The number of phenols is 1. The molecule has 0 aliphatic heterocycles. The minimum absolute atomic E-state index is 0.0587. The van der Waals surface area contributed by atoms with Crippen molar-refractivity contribution in [1.29, 1.82) is 0 Å². The van der Waals surface area contributed by atoms with Crippen LogP contribution < -0.4 is 5.32 Å². The SMILES string of the molecule is O=C(O)C1CC1C(=O)Nc1cccc(O)c1. The summed E-state index contributed by atoms with van der Waals surface area (Å²) in [4.78, 5) is 22.1. The van der Waals surface area contributed by atoms with Crippen molar-refractivity contribution in [3.63, 3.8) is 0 Å². The van der Waals surface area contributed by atoms with Crippen LogP contribution in [-0.2, 0) is 9.59 Å². The molecular formula is C11H11NO4. The minimum atomic E-state index is -0.934. The molecule has 5 heteroatoms. The Morgan fingerprint density at radius 3 is 2.62 bits per heavy atom. The standard InChI is InChI=1S/C11H11NO4/c13-7-3-1-2-6(4-7)12-10(14)8-5-9(8)11(15)16/h1-4,8-9,13H,5H2,(H,12,14)(H,15,16). The molecule has 1 fully saturated rings. The lowest BCUT2D eigenvalue weighted by molar-refractivity contribution is -0.139. The summed E-state index contributed by atoms with van der Waals surface area (Å²) >= 11 is 0. The van der Waals surface area contributed by atoms with Crippen molar-refractivity contribution in [3.05, 3.63) is 24.3 Å². The van der Waals surface area contributed by atoms with Crippen LogP contribution in [0.1, 0.15) is 6.42 Å². The molecule has 0 heterocycles. The van der Waals surface area contributed by atoms with Gasteiger partial charge in [-0.25, -0.2) is 0 Å². The van der Waals surface area contributed by atoms with Gasteiger partial charge in [-0.05, 0) is 18.6 Å². The molecule has 1 saturated carbocycles. The van der Waals surface area contributed by atoms with Gasteiger partial charge in [0.2, 0.25) is 5.91 Å². The first kappa shape index (κ1) is 10.5. The van der Waals surface area contributed by atoms with Gasteiger partial charge in [0.25, 0.3) is 0 Å². The lowest BCUT2D eigenvalue weighted by Gasteiger charge is -2.04. The van der Waals surface area contributed by atoms with Gasteiger partial charge in [0.05, 0.1) is 11.8 Å². The van der Waals surface area contributed by atoms with E-state index in [4.69, 9.17) is 5.11 Å². The predicted octanol–water partition coefficient (Wildman–Crippen LogP) is 1.05. The number of carboxylic acids is 1. The van der Waals surface area contributed by atoms with Gasteiger partial charge in [0.1, 0.15) is 5.75 Å². The van der Waals surface area contributed by atoms with Gasteiger partial charge in [-0.15, -0.1) is 0 Å². The summed E-state index contributed by atoms with van der Waals surface area (Å²) in [5.41, 5.74) is 0.473. The maximum absolute atomic E-state index is 11.5. The van der Waals surface area contributed by atoms with Crippen LogP contribution in [0.4, 0.5) is 5.69 Å². The lowest BCUT2D eigenvalue weighted by Crippen LogP contribution is -2.16. The number of phenolic OH excluding ortho intramolecular Hbond substituents is 1. The molecule has 3 N–H and O–H groups in total. The first-order valence-corrected chi connectivity index (χ1v) is 4.90. The number of carboxylic acid groups (broad SMARTS) is 1. The molecule has 2 atom stereocenters. The molecule has 1 aromatic rings. The third kappa shape index (κ3) is 2.13. The van der Waals surface area contributed by atoms with Crippen LogP contribution in [-0.4, -0.2) is 22.1 Å². The van der Waals surface area contributed by atoms with Gasteiger partial charge < -0.3 is 15.5 Å². The number of anilines is 1. The van der Waals surface area contributed by atoms with E-state index in [1.54, 1.807) is 12.1 Å². The Bertz CT molecular complexity index is 443. The van der Waals surface area contributed by atoms with Crippen LogP contribution in [0.2, 0.25) is 0 Å². The highest BCUT2D eigenvalue weighted by Crippen LogP contribution is 2.39. The molecule has 1 aliphatic carbocycles. The first-order valence-electron chi connectivity index (χ1n) is 4.90. The van der Waals surface area contributed by atoms with E-state index in [0.29, 0.717) is 12.1 Å². The van der Waals surface area contributed by atoms with Crippen molar-refractivity contribution < 1.29 is 19.8 Å². The third-order valence-electron chi connectivity index (χ3n) is 2.56. The van der Waals surface area contributed by atoms with Crippen molar-refractivity contribution in [2.24, 2.45) is 11.8 Å². The molecular weight excluding hydrogens is 210 g/mol. The highest BCUT2D eigenvalue weighted by molar-refractivity contribution is 5.98. The zero-order valence-corrected chi connectivity index (χ0v) is 8.38. The Hall–Kier alpha value is -2.04. The van der Waals surface area contributed by atoms with E-state index >= 15 is 0 Å². The fourth-order valence-electron chi connectivity index (χ4n) is 1.58. The van der Waals surface area contributed by atoms with E-state index in [1.807, 2.05) is 0 Å². The van der Waals surface area contributed by atoms with E-state index in [1.165, 1.54) is 12.1 Å². The van der Waals surface area contributed by atoms with Gasteiger partial charge in [-0.2, -0.15) is 0 Å². The number of benzene rings is 1. The zero-order valence-electron chi connectivity index (χ0n) is 8.38. The highest BCUT2D eigenvalue weighted by atomic mass is 16.4. The molecule has 0 aromatic heterocycles. The van der Waals surface area contributed by atoms with E-state index in [2.05, 4.69) is 5.32 Å². The molecule has 5 nitrogen and oxygen atoms in total. The average molecular weight is 221 g/mol. The number of carbonyl (C=O) groups excluding carboxylic acids is 1. The maximum Gasteiger partial charge on any atom is 0.307 e. The van der Waals surface area contributed by atoms with E-state index in [0.717, 1.165) is 0 Å². The number of hydrogen-bond acceptors (Lipinski definition) is 3. The summed E-state index contributed by atoms with van der Waals surface area (Å²) < 4.78 is 0. The topological polar surface area (TPSA) is 86.6 Å². The molecule has 0 bridgehead atoms. The summed E-state index contributed by atoms with van der Waals surface area (Å²) in [5.74, 6) is -2.19. The summed E-state index contributed by atoms with van der Waals surface area (Å²) in [6.45, 7) is 0. The van der Waals surface area contributed by atoms with Crippen LogP contribution in [0.25, 0.3) is 0 Å². The van der Waals surface area contributed by atoms with Crippen molar-refractivity contribution in [3.8, 4) is 5.75 Å². The second-order valence-corrected chi connectivity index (χ2v) is 3.83.